The Morgan fingerprint density at radius 3 is 2.91 bits per heavy atom. The molecule has 0 saturated heterocycles. The lowest BCUT2D eigenvalue weighted by Gasteiger charge is -2.37. The van der Waals surface area contributed by atoms with Crippen LogP contribution in [0.5, 0.6) is 5.75 Å². The van der Waals surface area contributed by atoms with Gasteiger partial charge in [-0.25, -0.2) is 0 Å². The number of ether oxygens (including phenoxy) is 1. The van der Waals surface area contributed by atoms with E-state index in [0.717, 1.165) is 24.5 Å². The van der Waals surface area contributed by atoms with Crippen molar-refractivity contribution < 1.29 is 9.53 Å². The summed E-state index contributed by atoms with van der Waals surface area (Å²) < 4.78 is 7.70. The van der Waals surface area contributed by atoms with Crippen LogP contribution < -0.4 is 9.64 Å². The molecule has 1 aromatic carbocycles. The molecular weight excluding hydrogens is 292 g/mol. The summed E-state index contributed by atoms with van der Waals surface area (Å²) in [5, 5.41) is 4.05. The van der Waals surface area contributed by atoms with Crippen molar-refractivity contribution in [3.63, 3.8) is 0 Å². The number of amides is 1. The van der Waals surface area contributed by atoms with Gasteiger partial charge in [0.1, 0.15) is 11.9 Å². The monoisotopic (exact) mass is 314 g/mol. The van der Waals surface area contributed by atoms with E-state index in [1.165, 1.54) is 0 Å². The highest BCUT2D eigenvalue weighted by Crippen LogP contribution is 2.32. The highest BCUT2D eigenvalue weighted by atomic mass is 16.5. The molecule has 0 radical (unpaired) electrons. The maximum Gasteiger partial charge on any atom is 0.256 e. The van der Waals surface area contributed by atoms with E-state index in [0.29, 0.717) is 12.1 Å². The summed E-state index contributed by atoms with van der Waals surface area (Å²) in [7, 11) is 3.60. The summed E-state index contributed by atoms with van der Waals surface area (Å²) in [6, 6.07) is 8.04. The molecule has 0 spiro atoms. The number of fused-ring (bicyclic) bond motifs is 1. The Kier molecular flexibility index (Phi) is 4.23. The fourth-order valence-electron chi connectivity index (χ4n) is 2.91. The summed E-state index contributed by atoms with van der Waals surface area (Å²) in [5.41, 5.74) is 1.71. The van der Waals surface area contributed by atoms with Crippen LogP contribution in [0.4, 0.5) is 5.69 Å². The second-order valence-corrected chi connectivity index (χ2v) is 5.83. The average Bonchev–Trinajstić information content (AvgIpc) is 2.99. The number of aryl methyl sites for hydroxylation is 1. The predicted octanol–water partition coefficient (Wildman–Crippen LogP) is 1.78. The number of anilines is 1. The molecule has 1 aliphatic rings. The summed E-state index contributed by atoms with van der Waals surface area (Å²) >= 11 is 0. The smallest absolute Gasteiger partial charge is 0.256 e. The van der Waals surface area contributed by atoms with Crippen LogP contribution in [0.1, 0.15) is 17.3 Å². The van der Waals surface area contributed by atoms with E-state index in [1.807, 2.05) is 18.2 Å². The molecule has 1 atom stereocenters. The third-order valence-electron chi connectivity index (χ3n) is 4.08. The minimum absolute atomic E-state index is 0.0383. The molecule has 1 amide bonds. The third-order valence-corrected chi connectivity index (χ3v) is 4.08. The molecule has 6 heteroatoms. The first-order valence-corrected chi connectivity index (χ1v) is 7.83. The van der Waals surface area contributed by atoms with Crippen molar-refractivity contribution in [3.05, 3.63) is 42.2 Å². The fraction of sp³-hybridized carbons (Fsp3) is 0.412. The quantitative estimate of drug-likeness (QED) is 0.863. The third kappa shape index (κ3) is 3.16. The van der Waals surface area contributed by atoms with Gasteiger partial charge in [0.25, 0.3) is 5.91 Å². The second-order valence-electron chi connectivity index (χ2n) is 5.83. The Bertz CT molecular complexity index is 697. The predicted molar refractivity (Wildman–Crippen MR) is 88.9 cm³/mol. The topological polar surface area (TPSA) is 50.6 Å². The lowest BCUT2D eigenvalue weighted by molar-refractivity contribution is 0.0709. The van der Waals surface area contributed by atoms with Gasteiger partial charge in [-0.3, -0.25) is 9.48 Å². The minimum atomic E-state index is -0.0459. The lowest BCUT2D eigenvalue weighted by Crippen LogP contribution is -2.46. The van der Waals surface area contributed by atoms with Gasteiger partial charge in [-0.2, -0.15) is 5.10 Å². The number of nitrogens with zero attached hydrogens (tertiary/aromatic N) is 4. The molecule has 122 valence electrons. The van der Waals surface area contributed by atoms with E-state index in [1.54, 1.807) is 36.1 Å². The Morgan fingerprint density at radius 1 is 1.43 bits per heavy atom. The van der Waals surface area contributed by atoms with Gasteiger partial charge in [0.15, 0.2) is 0 Å². The molecule has 2 heterocycles. The van der Waals surface area contributed by atoms with Crippen LogP contribution in [0, 0.1) is 0 Å². The molecule has 0 unspecified atom stereocenters. The summed E-state index contributed by atoms with van der Waals surface area (Å²) in [4.78, 5) is 16.4. The molecule has 23 heavy (non-hydrogen) atoms. The Balaban J connectivity index is 1.70. The average molecular weight is 314 g/mol. The van der Waals surface area contributed by atoms with Crippen LogP contribution >= 0.6 is 0 Å². The molecular formula is C17H22N4O2. The number of hydrogen-bond acceptors (Lipinski definition) is 4. The second kappa shape index (κ2) is 6.32. The Hall–Kier alpha value is -2.50. The van der Waals surface area contributed by atoms with E-state index in [-0.39, 0.29) is 12.0 Å². The molecule has 2 aromatic rings. The van der Waals surface area contributed by atoms with Gasteiger partial charge in [-0.1, -0.05) is 12.1 Å². The largest absolute Gasteiger partial charge is 0.485 e. The fourth-order valence-corrected chi connectivity index (χ4v) is 2.91. The first-order valence-electron chi connectivity index (χ1n) is 7.83. The molecule has 3 rings (SSSR count). The molecule has 1 aliphatic heterocycles. The van der Waals surface area contributed by atoms with E-state index >= 15 is 0 Å². The number of benzene rings is 1. The molecule has 0 fully saturated rings. The van der Waals surface area contributed by atoms with Crippen LogP contribution in [0.15, 0.2) is 36.7 Å². The minimum Gasteiger partial charge on any atom is -0.485 e. The van der Waals surface area contributed by atoms with Gasteiger partial charge in [-0.05, 0) is 19.1 Å². The van der Waals surface area contributed by atoms with Crippen molar-refractivity contribution in [2.75, 3.05) is 31.6 Å². The number of likely N-dealkylation sites (N-methyl/N-ethyl adjacent to an activating group) is 2. The molecule has 0 N–H and O–H groups in total. The molecule has 0 bridgehead atoms. The first-order chi connectivity index (χ1) is 11.1. The number of carbonyl (C=O) groups is 1. The van der Waals surface area contributed by atoms with Crippen LogP contribution in [-0.2, 0) is 7.05 Å². The standard InChI is InChI=1S/C17H22N4O2/c1-4-21-12-14(23-16-8-6-5-7-15(16)21)11-19(2)17(22)13-9-18-20(3)10-13/h5-10,14H,4,11-12H2,1-3H3/t14-/m1/s1. The lowest BCUT2D eigenvalue weighted by atomic mass is 10.1. The van der Waals surface area contributed by atoms with E-state index in [4.69, 9.17) is 4.74 Å². The number of aromatic nitrogens is 2. The summed E-state index contributed by atoms with van der Waals surface area (Å²) in [5.74, 6) is 0.844. The van der Waals surface area contributed by atoms with Crippen molar-refractivity contribution in [3.8, 4) is 5.75 Å². The summed E-state index contributed by atoms with van der Waals surface area (Å²) in [6.07, 6.45) is 3.28. The zero-order chi connectivity index (χ0) is 16.4. The van der Waals surface area contributed by atoms with Crippen molar-refractivity contribution in [1.82, 2.24) is 14.7 Å². The van der Waals surface area contributed by atoms with E-state index in [9.17, 15) is 4.79 Å². The number of carbonyl (C=O) groups excluding carboxylic acids is 1. The normalized spacial score (nSPS) is 16.7. The maximum absolute atomic E-state index is 12.4. The van der Waals surface area contributed by atoms with Gasteiger partial charge >= 0.3 is 0 Å². The van der Waals surface area contributed by atoms with Crippen LogP contribution in [-0.4, -0.2) is 53.4 Å². The molecule has 6 nitrogen and oxygen atoms in total. The molecule has 0 saturated carbocycles. The van der Waals surface area contributed by atoms with Gasteiger partial charge < -0.3 is 14.5 Å². The van der Waals surface area contributed by atoms with Crippen molar-refractivity contribution in [1.29, 1.82) is 0 Å². The number of rotatable bonds is 4. The number of hydrogen-bond donors (Lipinski definition) is 0. The zero-order valence-corrected chi connectivity index (χ0v) is 13.8. The Morgan fingerprint density at radius 2 is 2.22 bits per heavy atom. The Labute approximate surface area is 136 Å². The highest BCUT2D eigenvalue weighted by molar-refractivity contribution is 5.93. The van der Waals surface area contributed by atoms with Crippen molar-refractivity contribution in [2.45, 2.75) is 13.0 Å². The van der Waals surface area contributed by atoms with Crippen molar-refractivity contribution in [2.24, 2.45) is 7.05 Å². The highest BCUT2D eigenvalue weighted by Gasteiger charge is 2.27. The van der Waals surface area contributed by atoms with Gasteiger partial charge in [-0.15, -0.1) is 0 Å². The van der Waals surface area contributed by atoms with Crippen molar-refractivity contribution >= 4 is 11.6 Å². The van der Waals surface area contributed by atoms with Crippen LogP contribution in [0.3, 0.4) is 0 Å². The van der Waals surface area contributed by atoms with Gasteiger partial charge in [0.05, 0.1) is 30.5 Å². The van der Waals surface area contributed by atoms with E-state index < -0.39 is 0 Å². The van der Waals surface area contributed by atoms with Gasteiger partial charge in [0, 0.05) is 26.8 Å². The first kappa shape index (κ1) is 15.4. The van der Waals surface area contributed by atoms with Crippen LogP contribution in [0.25, 0.3) is 0 Å². The van der Waals surface area contributed by atoms with Crippen LogP contribution in [0.2, 0.25) is 0 Å². The summed E-state index contributed by atoms with van der Waals surface area (Å²) in [6.45, 7) is 4.36. The molecule has 0 aliphatic carbocycles. The SMILES string of the molecule is CCN1C[C@@H](CN(C)C(=O)c2cnn(C)c2)Oc2ccccc21. The molecule has 1 aromatic heterocycles. The van der Waals surface area contributed by atoms with E-state index in [2.05, 4.69) is 23.0 Å². The maximum atomic E-state index is 12.4. The zero-order valence-electron chi connectivity index (χ0n) is 13.8. The van der Waals surface area contributed by atoms with Gasteiger partial charge in [0.2, 0.25) is 0 Å². The number of para-hydroxylation sites is 2.